The van der Waals surface area contributed by atoms with E-state index < -0.39 is 0 Å². The van der Waals surface area contributed by atoms with Crippen LogP contribution in [0.3, 0.4) is 0 Å². The van der Waals surface area contributed by atoms with Gasteiger partial charge in [-0.25, -0.2) is 0 Å². The molecule has 0 aromatic rings. The van der Waals surface area contributed by atoms with E-state index in [0.29, 0.717) is 18.9 Å². The zero-order valence-corrected chi connectivity index (χ0v) is 10.4. The van der Waals surface area contributed by atoms with Crippen molar-refractivity contribution in [3.8, 4) is 0 Å². The molecule has 4 heteroatoms. The van der Waals surface area contributed by atoms with E-state index >= 15 is 0 Å². The summed E-state index contributed by atoms with van der Waals surface area (Å²) in [5, 5.41) is 0. The molecule has 0 aromatic carbocycles. The van der Waals surface area contributed by atoms with Gasteiger partial charge in [0.15, 0.2) is 0 Å². The van der Waals surface area contributed by atoms with Crippen LogP contribution in [0.5, 0.6) is 0 Å². The maximum atomic E-state index is 11.9. The van der Waals surface area contributed by atoms with E-state index in [9.17, 15) is 4.79 Å². The molecule has 1 saturated heterocycles. The standard InChI is InChI=1S/C12H24N2O2/c1-3-10(8-13)7-12(15)14(2)9-11-5-4-6-16-11/h10-11H,3-9,13H2,1-2H3. The summed E-state index contributed by atoms with van der Waals surface area (Å²) in [6, 6.07) is 0. The Labute approximate surface area is 98.1 Å². The van der Waals surface area contributed by atoms with Gasteiger partial charge in [0.05, 0.1) is 6.10 Å². The lowest BCUT2D eigenvalue weighted by atomic mass is 10.0. The van der Waals surface area contributed by atoms with Gasteiger partial charge in [0.1, 0.15) is 0 Å². The molecule has 2 unspecified atom stereocenters. The summed E-state index contributed by atoms with van der Waals surface area (Å²) in [7, 11) is 1.85. The summed E-state index contributed by atoms with van der Waals surface area (Å²) in [6.07, 6.45) is 3.97. The molecule has 0 bridgehead atoms. The van der Waals surface area contributed by atoms with Gasteiger partial charge in [0, 0.05) is 26.6 Å². The van der Waals surface area contributed by atoms with E-state index in [-0.39, 0.29) is 12.0 Å². The van der Waals surface area contributed by atoms with Crippen LogP contribution in [0.15, 0.2) is 0 Å². The molecule has 0 aliphatic carbocycles. The Kier molecular flexibility index (Phi) is 5.77. The van der Waals surface area contributed by atoms with Crippen LogP contribution in [-0.4, -0.2) is 43.7 Å². The summed E-state index contributed by atoms with van der Waals surface area (Å²) in [4.78, 5) is 13.7. The van der Waals surface area contributed by atoms with Crippen LogP contribution < -0.4 is 5.73 Å². The van der Waals surface area contributed by atoms with E-state index in [0.717, 1.165) is 32.4 Å². The number of nitrogens with zero attached hydrogens (tertiary/aromatic N) is 1. The molecule has 2 atom stereocenters. The molecule has 0 saturated carbocycles. The third-order valence-corrected chi connectivity index (χ3v) is 3.30. The minimum absolute atomic E-state index is 0.188. The smallest absolute Gasteiger partial charge is 0.222 e. The molecule has 1 fully saturated rings. The van der Waals surface area contributed by atoms with Crippen molar-refractivity contribution >= 4 is 5.91 Å². The zero-order valence-electron chi connectivity index (χ0n) is 10.4. The Hall–Kier alpha value is -0.610. The number of hydrogen-bond donors (Lipinski definition) is 1. The number of carbonyl (C=O) groups is 1. The number of amides is 1. The van der Waals surface area contributed by atoms with Crippen molar-refractivity contribution < 1.29 is 9.53 Å². The highest BCUT2D eigenvalue weighted by Crippen LogP contribution is 2.14. The first-order valence-electron chi connectivity index (χ1n) is 6.23. The lowest BCUT2D eigenvalue weighted by Gasteiger charge is -2.22. The van der Waals surface area contributed by atoms with Crippen LogP contribution in [0.2, 0.25) is 0 Å². The van der Waals surface area contributed by atoms with Gasteiger partial charge in [-0.3, -0.25) is 4.79 Å². The second-order valence-electron chi connectivity index (χ2n) is 4.62. The summed E-state index contributed by atoms with van der Waals surface area (Å²) in [5.74, 6) is 0.507. The third kappa shape index (κ3) is 4.10. The lowest BCUT2D eigenvalue weighted by Crippen LogP contribution is -2.35. The van der Waals surface area contributed by atoms with E-state index in [2.05, 4.69) is 6.92 Å². The number of carbonyl (C=O) groups excluding carboxylic acids is 1. The van der Waals surface area contributed by atoms with Gasteiger partial charge in [0.2, 0.25) is 5.91 Å². The molecule has 1 rings (SSSR count). The summed E-state index contributed by atoms with van der Waals surface area (Å²) in [6.45, 7) is 4.23. The van der Waals surface area contributed by atoms with Crippen LogP contribution in [0.1, 0.15) is 32.6 Å². The second kappa shape index (κ2) is 6.86. The van der Waals surface area contributed by atoms with Gasteiger partial charge in [0.25, 0.3) is 0 Å². The van der Waals surface area contributed by atoms with Crippen molar-refractivity contribution in [2.45, 2.75) is 38.7 Å². The molecule has 0 radical (unpaired) electrons. The average Bonchev–Trinajstić information content (AvgIpc) is 2.78. The van der Waals surface area contributed by atoms with Gasteiger partial charge >= 0.3 is 0 Å². The van der Waals surface area contributed by atoms with Crippen molar-refractivity contribution in [1.82, 2.24) is 4.90 Å². The van der Waals surface area contributed by atoms with Crippen LogP contribution in [0.25, 0.3) is 0 Å². The summed E-state index contributed by atoms with van der Waals surface area (Å²) < 4.78 is 5.51. The molecule has 1 aliphatic heterocycles. The van der Waals surface area contributed by atoms with Gasteiger partial charge in [-0.15, -0.1) is 0 Å². The monoisotopic (exact) mass is 228 g/mol. The Morgan fingerprint density at radius 3 is 2.88 bits per heavy atom. The molecule has 4 nitrogen and oxygen atoms in total. The largest absolute Gasteiger partial charge is 0.376 e. The fourth-order valence-electron chi connectivity index (χ4n) is 1.99. The van der Waals surface area contributed by atoms with Gasteiger partial charge in [-0.2, -0.15) is 0 Å². The summed E-state index contributed by atoms with van der Waals surface area (Å²) in [5.41, 5.74) is 5.60. The average molecular weight is 228 g/mol. The quantitative estimate of drug-likeness (QED) is 0.738. The predicted molar refractivity (Wildman–Crippen MR) is 64.1 cm³/mol. The van der Waals surface area contributed by atoms with E-state index in [1.54, 1.807) is 4.90 Å². The van der Waals surface area contributed by atoms with Gasteiger partial charge in [-0.1, -0.05) is 13.3 Å². The summed E-state index contributed by atoms with van der Waals surface area (Å²) >= 11 is 0. The minimum Gasteiger partial charge on any atom is -0.376 e. The Balaban J connectivity index is 2.28. The predicted octanol–water partition coefficient (Wildman–Crippen LogP) is 0.999. The molecule has 1 aliphatic rings. The molecule has 94 valence electrons. The molecular weight excluding hydrogens is 204 g/mol. The fraction of sp³-hybridized carbons (Fsp3) is 0.917. The number of ether oxygens (including phenoxy) is 1. The first-order chi connectivity index (χ1) is 7.67. The maximum absolute atomic E-state index is 11.9. The zero-order chi connectivity index (χ0) is 12.0. The van der Waals surface area contributed by atoms with Crippen molar-refractivity contribution in [3.63, 3.8) is 0 Å². The fourth-order valence-corrected chi connectivity index (χ4v) is 1.99. The molecule has 16 heavy (non-hydrogen) atoms. The van der Waals surface area contributed by atoms with Crippen LogP contribution in [-0.2, 0) is 9.53 Å². The number of likely N-dealkylation sites (N-methyl/N-ethyl adjacent to an activating group) is 1. The highest BCUT2D eigenvalue weighted by Gasteiger charge is 2.21. The maximum Gasteiger partial charge on any atom is 0.222 e. The van der Waals surface area contributed by atoms with Crippen LogP contribution in [0, 0.1) is 5.92 Å². The van der Waals surface area contributed by atoms with Crippen LogP contribution in [0.4, 0.5) is 0 Å². The molecular formula is C12H24N2O2. The first-order valence-corrected chi connectivity index (χ1v) is 6.23. The van der Waals surface area contributed by atoms with Crippen molar-refractivity contribution in [2.75, 3.05) is 26.7 Å². The number of nitrogens with two attached hydrogens (primary N) is 1. The first kappa shape index (κ1) is 13.5. The van der Waals surface area contributed by atoms with E-state index in [4.69, 9.17) is 10.5 Å². The Bertz CT molecular complexity index is 211. The lowest BCUT2D eigenvalue weighted by molar-refractivity contribution is -0.132. The molecule has 2 N–H and O–H groups in total. The SMILES string of the molecule is CCC(CN)CC(=O)N(C)CC1CCCO1. The topological polar surface area (TPSA) is 55.6 Å². The van der Waals surface area contributed by atoms with Gasteiger partial charge < -0.3 is 15.4 Å². The Morgan fingerprint density at radius 2 is 2.38 bits per heavy atom. The molecule has 0 spiro atoms. The third-order valence-electron chi connectivity index (χ3n) is 3.30. The number of hydrogen-bond acceptors (Lipinski definition) is 3. The minimum atomic E-state index is 0.188. The highest BCUT2D eigenvalue weighted by molar-refractivity contribution is 5.76. The van der Waals surface area contributed by atoms with Crippen molar-refractivity contribution in [3.05, 3.63) is 0 Å². The van der Waals surface area contributed by atoms with Crippen molar-refractivity contribution in [2.24, 2.45) is 11.7 Å². The number of rotatable bonds is 6. The molecule has 0 aromatic heterocycles. The normalized spacial score (nSPS) is 22.1. The highest BCUT2D eigenvalue weighted by atomic mass is 16.5. The van der Waals surface area contributed by atoms with Gasteiger partial charge in [-0.05, 0) is 25.3 Å². The molecule has 1 amide bonds. The van der Waals surface area contributed by atoms with E-state index in [1.165, 1.54) is 0 Å². The van der Waals surface area contributed by atoms with E-state index in [1.807, 2.05) is 7.05 Å². The Morgan fingerprint density at radius 1 is 1.62 bits per heavy atom. The molecule has 1 heterocycles. The van der Waals surface area contributed by atoms with Crippen molar-refractivity contribution in [1.29, 1.82) is 0 Å². The van der Waals surface area contributed by atoms with Crippen LogP contribution >= 0.6 is 0 Å². The second-order valence-corrected chi connectivity index (χ2v) is 4.62.